The van der Waals surface area contributed by atoms with Crippen LogP contribution < -0.4 is 14.2 Å². The molecule has 0 saturated carbocycles. The zero-order valence-electron chi connectivity index (χ0n) is 10.0. The second-order valence-corrected chi connectivity index (χ2v) is 4.32. The van der Waals surface area contributed by atoms with Crippen LogP contribution in [-0.2, 0) is 0 Å². The second-order valence-electron chi connectivity index (χ2n) is 3.41. The lowest BCUT2D eigenvalue weighted by atomic mass is 10.3. The maximum atomic E-state index is 5.70. The number of hydrogen-bond acceptors (Lipinski definition) is 4. The first-order valence-corrected chi connectivity index (χ1v) is 6.04. The molecule has 94 valence electrons. The molecule has 0 unspecified atom stereocenters. The topological polar surface area (TPSA) is 40.6 Å². The number of aromatic nitrogens is 1. The van der Waals surface area contributed by atoms with Gasteiger partial charge in [0.25, 0.3) is 0 Å². The summed E-state index contributed by atoms with van der Waals surface area (Å²) < 4.78 is 17.1. The van der Waals surface area contributed by atoms with Gasteiger partial charge in [-0.1, -0.05) is 6.07 Å². The van der Waals surface area contributed by atoms with Gasteiger partial charge in [-0.2, -0.15) is 0 Å². The number of ether oxygens (including phenoxy) is 3. The zero-order chi connectivity index (χ0) is 13.0. The third kappa shape index (κ3) is 2.73. The van der Waals surface area contributed by atoms with Crippen LogP contribution in [0.25, 0.3) is 0 Å². The molecule has 0 bridgehead atoms. The molecule has 0 aliphatic carbocycles. The van der Waals surface area contributed by atoms with Crippen LogP contribution in [-0.4, -0.2) is 19.2 Å². The van der Waals surface area contributed by atoms with Gasteiger partial charge in [-0.3, -0.25) is 0 Å². The molecule has 0 radical (unpaired) electrons. The Hall–Kier alpha value is -1.75. The summed E-state index contributed by atoms with van der Waals surface area (Å²) in [5, 5.41) is 0. The molecule has 1 aromatic carbocycles. The van der Waals surface area contributed by atoms with E-state index >= 15 is 0 Å². The van der Waals surface area contributed by atoms with Crippen LogP contribution in [0.2, 0.25) is 0 Å². The molecule has 0 amide bonds. The number of para-hydroxylation sites is 1. The highest BCUT2D eigenvalue weighted by Crippen LogP contribution is 2.39. The van der Waals surface area contributed by atoms with Crippen molar-refractivity contribution in [1.29, 1.82) is 0 Å². The van der Waals surface area contributed by atoms with E-state index in [0.717, 1.165) is 4.47 Å². The number of rotatable bonds is 4. The predicted molar refractivity (Wildman–Crippen MR) is 71.6 cm³/mol. The van der Waals surface area contributed by atoms with Gasteiger partial charge in [0.05, 0.1) is 14.2 Å². The van der Waals surface area contributed by atoms with Crippen LogP contribution in [0.15, 0.2) is 41.0 Å². The highest BCUT2D eigenvalue weighted by atomic mass is 79.9. The van der Waals surface area contributed by atoms with Crippen molar-refractivity contribution >= 4 is 15.9 Å². The molecule has 0 atom stereocenters. The van der Waals surface area contributed by atoms with Crippen molar-refractivity contribution in [2.45, 2.75) is 0 Å². The van der Waals surface area contributed by atoms with Crippen molar-refractivity contribution in [1.82, 2.24) is 4.98 Å². The molecule has 18 heavy (non-hydrogen) atoms. The molecule has 0 N–H and O–H groups in total. The summed E-state index contributed by atoms with van der Waals surface area (Å²) in [5.74, 6) is 2.18. The number of pyridine rings is 1. The fraction of sp³-hybridized carbons (Fsp3) is 0.154. The molecule has 2 aromatic rings. The molecule has 0 fully saturated rings. The van der Waals surface area contributed by atoms with Gasteiger partial charge in [-0.05, 0) is 34.1 Å². The first kappa shape index (κ1) is 12.7. The molecule has 1 heterocycles. The van der Waals surface area contributed by atoms with Gasteiger partial charge in [0, 0.05) is 16.7 Å². The second kappa shape index (κ2) is 5.73. The van der Waals surface area contributed by atoms with Crippen LogP contribution in [0.5, 0.6) is 23.1 Å². The molecule has 0 aliphatic rings. The van der Waals surface area contributed by atoms with Crippen LogP contribution in [0.1, 0.15) is 0 Å². The third-order valence-electron chi connectivity index (χ3n) is 2.29. The lowest BCUT2D eigenvalue weighted by Gasteiger charge is -2.12. The van der Waals surface area contributed by atoms with Gasteiger partial charge in [0.1, 0.15) is 0 Å². The monoisotopic (exact) mass is 309 g/mol. The van der Waals surface area contributed by atoms with Gasteiger partial charge >= 0.3 is 0 Å². The fourth-order valence-corrected chi connectivity index (χ4v) is 1.68. The van der Waals surface area contributed by atoms with Crippen molar-refractivity contribution in [2.75, 3.05) is 14.2 Å². The van der Waals surface area contributed by atoms with Crippen LogP contribution in [0, 0.1) is 0 Å². The van der Waals surface area contributed by atoms with Crippen LogP contribution >= 0.6 is 15.9 Å². The summed E-state index contributed by atoms with van der Waals surface area (Å²) in [7, 11) is 3.16. The van der Waals surface area contributed by atoms with Crippen LogP contribution in [0.3, 0.4) is 0 Å². The molecule has 2 rings (SSSR count). The summed E-state index contributed by atoms with van der Waals surface area (Å²) >= 11 is 3.32. The van der Waals surface area contributed by atoms with Crippen molar-refractivity contribution in [3.05, 3.63) is 41.0 Å². The summed E-state index contributed by atoms with van der Waals surface area (Å²) in [6.07, 6.45) is 1.66. The summed E-state index contributed by atoms with van der Waals surface area (Å²) in [6, 6.07) is 9.05. The summed E-state index contributed by atoms with van der Waals surface area (Å²) in [5.41, 5.74) is 0. The molecular weight excluding hydrogens is 298 g/mol. The zero-order valence-corrected chi connectivity index (χ0v) is 11.6. The largest absolute Gasteiger partial charge is 0.493 e. The minimum atomic E-state index is 0.473. The van der Waals surface area contributed by atoms with E-state index in [-0.39, 0.29) is 0 Å². The molecule has 0 saturated heterocycles. The lowest BCUT2D eigenvalue weighted by molar-refractivity contribution is 0.342. The molecule has 5 heteroatoms. The Morgan fingerprint density at radius 2 is 1.67 bits per heavy atom. The van der Waals surface area contributed by atoms with Gasteiger partial charge in [0.2, 0.25) is 11.6 Å². The van der Waals surface area contributed by atoms with E-state index in [1.54, 1.807) is 38.6 Å². The first-order valence-electron chi connectivity index (χ1n) is 5.25. The third-order valence-corrected chi connectivity index (χ3v) is 2.76. The summed E-state index contributed by atoms with van der Waals surface area (Å²) in [4.78, 5) is 4.14. The minimum Gasteiger partial charge on any atom is -0.493 e. The van der Waals surface area contributed by atoms with Crippen molar-refractivity contribution in [3.63, 3.8) is 0 Å². The van der Waals surface area contributed by atoms with E-state index in [9.17, 15) is 0 Å². The Bertz CT molecular complexity index is 506. The van der Waals surface area contributed by atoms with E-state index in [1.165, 1.54) is 0 Å². The Balaban J connectivity index is 2.35. The van der Waals surface area contributed by atoms with E-state index in [2.05, 4.69) is 20.9 Å². The number of benzene rings is 1. The van der Waals surface area contributed by atoms with Gasteiger partial charge in [-0.15, -0.1) is 0 Å². The molecule has 1 aromatic heterocycles. The maximum absolute atomic E-state index is 5.70. The Morgan fingerprint density at radius 1 is 1.00 bits per heavy atom. The number of nitrogens with zero attached hydrogens (tertiary/aromatic N) is 1. The van der Waals surface area contributed by atoms with Gasteiger partial charge in [-0.25, -0.2) is 4.98 Å². The number of methoxy groups -OCH3 is 2. The highest BCUT2D eigenvalue weighted by molar-refractivity contribution is 9.10. The SMILES string of the molecule is COc1cccc(OC)c1Oc1ccc(Br)cn1. The first-order chi connectivity index (χ1) is 8.74. The average Bonchev–Trinajstić information content (AvgIpc) is 2.41. The van der Waals surface area contributed by atoms with Gasteiger partial charge < -0.3 is 14.2 Å². The molecular formula is C13H12BrNO3. The Labute approximate surface area is 114 Å². The minimum absolute atomic E-state index is 0.473. The normalized spacial score (nSPS) is 9.94. The molecule has 0 spiro atoms. The quantitative estimate of drug-likeness (QED) is 0.864. The van der Waals surface area contributed by atoms with E-state index < -0.39 is 0 Å². The van der Waals surface area contributed by atoms with Crippen molar-refractivity contribution in [2.24, 2.45) is 0 Å². The van der Waals surface area contributed by atoms with Crippen molar-refractivity contribution in [3.8, 4) is 23.1 Å². The lowest BCUT2D eigenvalue weighted by Crippen LogP contribution is -1.95. The smallest absolute Gasteiger partial charge is 0.219 e. The van der Waals surface area contributed by atoms with Gasteiger partial charge in [0.15, 0.2) is 11.5 Å². The van der Waals surface area contributed by atoms with Crippen LogP contribution in [0.4, 0.5) is 0 Å². The molecule has 4 nitrogen and oxygen atoms in total. The van der Waals surface area contributed by atoms with E-state index in [4.69, 9.17) is 14.2 Å². The average molecular weight is 310 g/mol. The fourth-order valence-electron chi connectivity index (χ4n) is 1.44. The highest BCUT2D eigenvalue weighted by Gasteiger charge is 2.12. The van der Waals surface area contributed by atoms with E-state index in [1.807, 2.05) is 12.1 Å². The number of hydrogen-bond donors (Lipinski definition) is 0. The Morgan fingerprint density at radius 3 is 2.17 bits per heavy atom. The standard InChI is InChI=1S/C13H12BrNO3/c1-16-10-4-3-5-11(17-2)13(10)18-12-7-6-9(14)8-15-12/h3-8H,1-2H3. The van der Waals surface area contributed by atoms with E-state index in [0.29, 0.717) is 23.1 Å². The number of halogens is 1. The maximum Gasteiger partial charge on any atom is 0.219 e. The summed E-state index contributed by atoms with van der Waals surface area (Å²) in [6.45, 7) is 0. The molecule has 0 aliphatic heterocycles. The predicted octanol–water partition coefficient (Wildman–Crippen LogP) is 3.65. The van der Waals surface area contributed by atoms with Crippen molar-refractivity contribution < 1.29 is 14.2 Å². The Kier molecular flexibility index (Phi) is 4.04.